The third kappa shape index (κ3) is 3.17. The maximum atomic E-state index is 4.60. The number of aromatic amines is 1. The largest absolute Gasteiger partial charge is 0.340 e. The van der Waals surface area contributed by atoms with Crippen molar-refractivity contribution in [1.82, 2.24) is 34.6 Å². The Morgan fingerprint density at radius 1 is 1.29 bits per heavy atom. The molecule has 0 amide bonds. The highest BCUT2D eigenvalue weighted by Gasteiger charge is 2.22. The molecule has 24 heavy (non-hydrogen) atoms. The van der Waals surface area contributed by atoms with Gasteiger partial charge >= 0.3 is 0 Å². The van der Waals surface area contributed by atoms with Crippen LogP contribution in [-0.4, -0.2) is 47.7 Å². The van der Waals surface area contributed by atoms with Crippen LogP contribution in [-0.2, 0) is 13.1 Å². The summed E-state index contributed by atoms with van der Waals surface area (Å²) in [7, 11) is 0. The number of pyridine rings is 1. The minimum absolute atomic E-state index is 0.612. The van der Waals surface area contributed by atoms with Crippen LogP contribution in [0.4, 0.5) is 0 Å². The zero-order chi connectivity index (χ0) is 16.5. The molecule has 1 N–H and O–H groups in total. The Labute approximate surface area is 141 Å². The molecular formula is C17H23N7. The minimum Gasteiger partial charge on any atom is -0.340 e. The molecule has 1 atom stereocenters. The van der Waals surface area contributed by atoms with Crippen LogP contribution in [0.5, 0.6) is 0 Å². The first-order valence-electron chi connectivity index (χ1n) is 8.57. The molecule has 0 aliphatic carbocycles. The Bertz CT molecular complexity index is 801. The summed E-state index contributed by atoms with van der Waals surface area (Å²) in [6.45, 7) is 7.97. The Hall–Kier alpha value is -2.28. The van der Waals surface area contributed by atoms with E-state index in [2.05, 4.69) is 34.6 Å². The number of hydrogen-bond donors (Lipinski definition) is 1. The van der Waals surface area contributed by atoms with Gasteiger partial charge in [-0.15, -0.1) is 0 Å². The summed E-state index contributed by atoms with van der Waals surface area (Å²) in [4.78, 5) is 19.2. The Morgan fingerprint density at radius 2 is 2.21 bits per heavy atom. The van der Waals surface area contributed by atoms with Crippen molar-refractivity contribution in [3.8, 4) is 0 Å². The number of imidazole rings is 1. The van der Waals surface area contributed by atoms with E-state index in [-0.39, 0.29) is 0 Å². The van der Waals surface area contributed by atoms with Gasteiger partial charge in [0.1, 0.15) is 17.5 Å². The SMILES string of the molecule is Cc1nc(C)n(C[C@H]2CCCN(Cc3nc4ncccc4[nH]3)C2)n1. The molecule has 4 heterocycles. The summed E-state index contributed by atoms with van der Waals surface area (Å²) in [5.41, 5.74) is 1.81. The molecule has 7 heteroatoms. The van der Waals surface area contributed by atoms with Crippen LogP contribution in [0.1, 0.15) is 30.3 Å². The van der Waals surface area contributed by atoms with Crippen molar-refractivity contribution in [2.45, 2.75) is 39.8 Å². The second kappa shape index (κ2) is 6.32. The molecule has 1 aliphatic heterocycles. The van der Waals surface area contributed by atoms with E-state index in [1.54, 1.807) is 6.20 Å². The predicted octanol–water partition coefficient (Wildman–Crippen LogP) is 2.08. The molecule has 0 aromatic carbocycles. The Kier molecular flexibility index (Phi) is 4.02. The number of likely N-dealkylation sites (tertiary alicyclic amines) is 1. The van der Waals surface area contributed by atoms with Crippen molar-refractivity contribution in [3.05, 3.63) is 35.8 Å². The van der Waals surface area contributed by atoms with E-state index in [4.69, 9.17) is 0 Å². The number of H-pyrrole nitrogens is 1. The van der Waals surface area contributed by atoms with Crippen molar-refractivity contribution >= 4 is 11.2 Å². The fourth-order valence-electron chi connectivity index (χ4n) is 3.60. The first-order valence-corrected chi connectivity index (χ1v) is 8.57. The molecule has 3 aromatic heterocycles. The van der Waals surface area contributed by atoms with E-state index < -0.39 is 0 Å². The summed E-state index contributed by atoms with van der Waals surface area (Å²) in [6.07, 6.45) is 4.25. The Balaban J connectivity index is 1.42. The number of nitrogens with one attached hydrogen (secondary N) is 1. The minimum atomic E-state index is 0.612. The fourth-order valence-corrected chi connectivity index (χ4v) is 3.60. The van der Waals surface area contributed by atoms with Gasteiger partial charge in [-0.3, -0.25) is 4.90 Å². The molecule has 0 spiro atoms. The lowest BCUT2D eigenvalue weighted by atomic mass is 9.98. The predicted molar refractivity (Wildman–Crippen MR) is 91.4 cm³/mol. The zero-order valence-corrected chi connectivity index (χ0v) is 14.2. The van der Waals surface area contributed by atoms with Crippen LogP contribution in [0.25, 0.3) is 11.2 Å². The number of piperidine rings is 1. The van der Waals surface area contributed by atoms with E-state index in [1.807, 2.05) is 26.0 Å². The second-order valence-electron chi connectivity index (χ2n) is 6.69. The van der Waals surface area contributed by atoms with Crippen LogP contribution >= 0.6 is 0 Å². The van der Waals surface area contributed by atoms with Crippen LogP contribution in [0.2, 0.25) is 0 Å². The van der Waals surface area contributed by atoms with Gasteiger partial charge in [0.2, 0.25) is 0 Å². The molecule has 3 aromatic rings. The fraction of sp³-hybridized carbons (Fsp3) is 0.529. The molecule has 0 bridgehead atoms. The van der Waals surface area contributed by atoms with E-state index in [0.29, 0.717) is 5.92 Å². The van der Waals surface area contributed by atoms with Crippen LogP contribution in [0.15, 0.2) is 18.3 Å². The number of aryl methyl sites for hydroxylation is 2. The summed E-state index contributed by atoms with van der Waals surface area (Å²) >= 11 is 0. The van der Waals surface area contributed by atoms with Gasteiger partial charge in [0.25, 0.3) is 0 Å². The molecule has 0 saturated carbocycles. The van der Waals surface area contributed by atoms with Crippen molar-refractivity contribution in [3.63, 3.8) is 0 Å². The van der Waals surface area contributed by atoms with E-state index in [0.717, 1.165) is 54.8 Å². The van der Waals surface area contributed by atoms with Crippen molar-refractivity contribution in [1.29, 1.82) is 0 Å². The maximum Gasteiger partial charge on any atom is 0.177 e. The lowest BCUT2D eigenvalue weighted by molar-refractivity contribution is 0.150. The van der Waals surface area contributed by atoms with Crippen LogP contribution < -0.4 is 0 Å². The molecule has 126 valence electrons. The van der Waals surface area contributed by atoms with Gasteiger partial charge in [-0.1, -0.05) is 0 Å². The number of aromatic nitrogens is 6. The molecule has 4 rings (SSSR count). The van der Waals surface area contributed by atoms with E-state index in [1.165, 1.54) is 12.8 Å². The van der Waals surface area contributed by atoms with E-state index in [9.17, 15) is 0 Å². The number of rotatable bonds is 4. The second-order valence-corrected chi connectivity index (χ2v) is 6.69. The van der Waals surface area contributed by atoms with Gasteiger partial charge in [0, 0.05) is 19.3 Å². The van der Waals surface area contributed by atoms with Gasteiger partial charge < -0.3 is 4.98 Å². The highest BCUT2D eigenvalue weighted by Crippen LogP contribution is 2.20. The summed E-state index contributed by atoms with van der Waals surface area (Å²) < 4.78 is 2.05. The monoisotopic (exact) mass is 325 g/mol. The molecule has 1 saturated heterocycles. The van der Waals surface area contributed by atoms with Crippen molar-refractivity contribution in [2.24, 2.45) is 5.92 Å². The Morgan fingerprint density at radius 3 is 3.00 bits per heavy atom. The van der Waals surface area contributed by atoms with E-state index >= 15 is 0 Å². The van der Waals surface area contributed by atoms with Gasteiger partial charge in [-0.2, -0.15) is 5.10 Å². The lowest BCUT2D eigenvalue weighted by Crippen LogP contribution is -2.37. The number of nitrogens with zero attached hydrogens (tertiary/aromatic N) is 6. The highest BCUT2D eigenvalue weighted by atomic mass is 15.3. The maximum absolute atomic E-state index is 4.60. The average Bonchev–Trinajstić information content (AvgIpc) is 3.10. The first kappa shape index (κ1) is 15.3. The summed E-state index contributed by atoms with van der Waals surface area (Å²) in [5, 5.41) is 4.50. The lowest BCUT2D eigenvalue weighted by Gasteiger charge is -2.32. The summed E-state index contributed by atoms with van der Waals surface area (Å²) in [6, 6.07) is 3.96. The van der Waals surface area contributed by atoms with Crippen molar-refractivity contribution in [2.75, 3.05) is 13.1 Å². The van der Waals surface area contributed by atoms with Crippen LogP contribution in [0, 0.1) is 19.8 Å². The normalized spacial score (nSPS) is 19.2. The molecule has 1 aliphatic rings. The van der Waals surface area contributed by atoms with Gasteiger partial charge in [-0.25, -0.2) is 19.6 Å². The standard InChI is InChI=1S/C17H23N7/c1-12-19-13(2)24(22-12)10-14-5-4-8-23(9-14)11-16-20-15-6-3-7-18-17(15)21-16/h3,6-7,14H,4-5,8-11H2,1-2H3,(H,18,20,21)/t14-/m0/s1. The highest BCUT2D eigenvalue weighted by molar-refractivity contribution is 5.69. The molecule has 0 unspecified atom stereocenters. The zero-order valence-electron chi connectivity index (χ0n) is 14.2. The van der Waals surface area contributed by atoms with Gasteiger partial charge in [-0.05, 0) is 51.3 Å². The molecular weight excluding hydrogens is 302 g/mol. The number of hydrogen-bond acceptors (Lipinski definition) is 5. The smallest absolute Gasteiger partial charge is 0.177 e. The molecule has 0 radical (unpaired) electrons. The van der Waals surface area contributed by atoms with Crippen molar-refractivity contribution < 1.29 is 0 Å². The van der Waals surface area contributed by atoms with Gasteiger partial charge in [0.15, 0.2) is 5.65 Å². The topological polar surface area (TPSA) is 75.5 Å². The third-order valence-corrected chi connectivity index (χ3v) is 4.68. The number of fused-ring (bicyclic) bond motifs is 1. The van der Waals surface area contributed by atoms with Gasteiger partial charge in [0.05, 0.1) is 12.1 Å². The summed E-state index contributed by atoms with van der Waals surface area (Å²) in [5.74, 6) is 3.47. The molecule has 1 fully saturated rings. The third-order valence-electron chi connectivity index (χ3n) is 4.68. The van der Waals surface area contributed by atoms with Crippen LogP contribution in [0.3, 0.4) is 0 Å². The molecule has 7 nitrogen and oxygen atoms in total. The first-order chi connectivity index (χ1) is 11.7. The quantitative estimate of drug-likeness (QED) is 0.795. The average molecular weight is 325 g/mol.